The van der Waals surface area contributed by atoms with Crippen molar-refractivity contribution < 1.29 is 9.53 Å². The first-order chi connectivity index (χ1) is 9.74. The number of rotatable bonds is 6. The molecule has 1 fully saturated rings. The molecule has 0 radical (unpaired) electrons. The molecule has 1 heterocycles. The lowest BCUT2D eigenvalue weighted by Crippen LogP contribution is -2.30. The zero-order chi connectivity index (χ0) is 13.9. The average molecular weight is 274 g/mol. The van der Waals surface area contributed by atoms with E-state index >= 15 is 0 Å². The van der Waals surface area contributed by atoms with Crippen LogP contribution in [0.3, 0.4) is 0 Å². The number of carbonyl (C=O) groups excluding carboxylic acids is 1. The van der Waals surface area contributed by atoms with E-state index in [0.717, 1.165) is 36.7 Å². The van der Waals surface area contributed by atoms with Gasteiger partial charge in [-0.3, -0.25) is 4.79 Å². The van der Waals surface area contributed by atoms with Crippen LogP contribution in [0, 0.1) is 5.92 Å². The third kappa shape index (κ3) is 3.12. The molecule has 0 bridgehead atoms. The van der Waals surface area contributed by atoms with Crippen molar-refractivity contribution in [1.29, 1.82) is 0 Å². The van der Waals surface area contributed by atoms with Crippen molar-refractivity contribution in [3.63, 3.8) is 0 Å². The Morgan fingerprint density at radius 1 is 1.45 bits per heavy atom. The Kier molecular flexibility index (Phi) is 3.92. The number of fused-ring (bicyclic) bond motifs is 1. The van der Waals surface area contributed by atoms with Gasteiger partial charge in [-0.2, -0.15) is 0 Å². The Morgan fingerprint density at radius 3 is 3.10 bits per heavy atom. The molecule has 1 saturated carbocycles. The van der Waals surface area contributed by atoms with Gasteiger partial charge >= 0.3 is 0 Å². The molecule has 1 aromatic carbocycles. The molecule has 0 saturated heterocycles. The second-order valence-electron chi connectivity index (χ2n) is 5.79. The van der Waals surface area contributed by atoms with Gasteiger partial charge in [0.05, 0.1) is 6.61 Å². The first kappa shape index (κ1) is 13.4. The van der Waals surface area contributed by atoms with Crippen molar-refractivity contribution >= 4 is 11.6 Å². The lowest BCUT2D eigenvalue weighted by Gasteiger charge is -2.17. The average Bonchev–Trinajstić information content (AvgIpc) is 3.17. The summed E-state index contributed by atoms with van der Waals surface area (Å²) in [5, 5.41) is 3.31. The van der Waals surface area contributed by atoms with E-state index in [0.29, 0.717) is 13.2 Å². The topological polar surface area (TPSA) is 41.6 Å². The quantitative estimate of drug-likeness (QED) is 0.808. The molecule has 1 aromatic rings. The van der Waals surface area contributed by atoms with E-state index in [-0.39, 0.29) is 5.91 Å². The van der Waals surface area contributed by atoms with Gasteiger partial charge in [0.15, 0.2) is 0 Å². The predicted molar refractivity (Wildman–Crippen MR) is 79.1 cm³/mol. The van der Waals surface area contributed by atoms with E-state index in [4.69, 9.17) is 4.74 Å². The third-order valence-corrected chi connectivity index (χ3v) is 4.03. The number of ether oxygens (including phenoxy) is 1. The van der Waals surface area contributed by atoms with Crippen molar-refractivity contribution in [2.24, 2.45) is 5.92 Å². The minimum absolute atomic E-state index is 0.0662. The van der Waals surface area contributed by atoms with Crippen LogP contribution in [0.1, 0.15) is 28.8 Å². The summed E-state index contributed by atoms with van der Waals surface area (Å²) < 4.78 is 5.58. The number of hydrogen-bond acceptors (Lipinski definition) is 3. The summed E-state index contributed by atoms with van der Waals surface area (Å²) in [6, 6.07) is 5.95. The standard InChI is InChI=1S/C16H22N2O2/c1-18(8-9-20-11-12-2-3-12)16(19)14-5-4-13-6-7-17-15(13)10-14/h4-5,10,12,17H,2-3,6-9,11H2,1H3. The van der Waals surface area contributed by atoms with Crippen LogP contribution >= 0.6 is 0 Å². The molecule has 0 spiro atoms. The molecule has 4 heteroatoms. The minimum Gasteiger partial charge on any atom is -0.384 e. The SMILES string of the molecule is CN(CCOCC1CC1)C(=O)c1ccc2c(c1)NCC2. The summed E-state index contributed by atoms with van der Waals surface area (Å²) in [5.41, 5.74) is 3.16. The lowest BCUT2D eigenvalue weighted by atomic mass is 10.1. The summed E-state index contributed by atoms with van der Waals surface area (Å²) >= 11 is 0. The van der Waals surface area contributed by atoms with Crippen LogP contribution in [0.15, 0.2) is 18.2 Å². The number of amides is 1. The van der Waals surface area contributed by atoms with Crippen molar-refractivity contribution in [3.05, 3.63) is 29.3 Å². The number of anilines is 1. The van der Waals surface area contributed by atoms with Crippen LogP contribution in [0.5, 0.6) is 0 Å². The van der Waals surface area contributed by atoms with Gasteiger partial charge in [-0.25, -0.2) is 0 Å². The van der Waals surface area contributed by atoms with Crippen molar-refractivity contribution in [2.75, 3.05) is 38.7 Å². The highest BCUT2D eigenvalue weighted by atomic mass is 16.5. The smallest absolute Gasteiger partial charge is 0.253 e. The van der Waals surface area contributed by atoms with Crippen LogP contribution in [0.25, 0.3) is 0 Å². The molecule has 2 aliphatic rings. The fourth-order valence-electron chi connectivity index (χ4n) is 2.48. The van der Waals surface area contributed by atoms with Gasteiger partial charge in [0, 0.05) is 38.0 Å². The van der Waals surface area contributed by atoms with Gasteiger partial charge in [-0.05, 0) is 42.9 Å². The van der Waals surface area contributed by atoms with Gasteiger partial charge in [0.2, 0.25) is 0 Å². The van der Waals surface area contributed by atoms with Crippen molar-refractivity contribution in [1.82, 2.24) is 4.90 Å². The van der Waals surface area contributed by atoms with Crippen molar-refractivity contribution in [2.45, 2.75) is 19.3 Å². The fraction of sp³-hybridized carbons (Fsp3) is 0.562. The highest BCUT2D eigenvalue weighted by Gasteiger charge is 2.21. The molecular weight excluding hydrogens is 252 g/mol. The van der Waals surface area contributed by atoms with E-state index in [1.807, 2.05) is 19.2 Å². The zero-order valence-electron chi connectivity index (χ0n) is 12.0. The number of carbonyl (C=O) groups is 1. The second kappa shape index (κ2) is 5.83. The minimum atomic E-state index is 0.0662. The third-order valence-electron chi connectivity index (χ3n) is 4.03. The van der Waals surface area contributed by atoms with Gasteiger partial charge < -0.3 is 15.0 Å². The molecule has 1 aliphatic carbocycles. The molecule has 4 nitrogen and oxygen atoms in total. The van der Waals surface area contributed by atoms with Crippen LogP contribution in [0.2, 0.25) is 0 Å². The van der Waals surface area contributed by atoms with Crippen LogP contribution < -0.4 is 5.32 Å². The van der Waals surface area contributed by atoms with E-state index in [9.17, 15) is 4.79 Å². The highest BCUT2D eigenvalue weighted by molar-refractivity contribution is 5.95. The molecule has 3 rings (SSSR count). The maximum atomic E-state index is 12.3. The molecule has 20 heavy (non-hydrogen) atoms. The molecule has 108 valence electrons. The fourth-order valence-corrected chi connectivity index (χ4v) is 2.48. The van der Waals surface area contributed by atoms with E-state index in [2.05, 4.69) is 11.4 Å². The number of nitrogens with zero attached hydrogens (tertiary/aromatic N) is 1. The Balaban J connectivity index is 1.51. The molecule has 0 aromatic heterocycles. The monoisotopic (exact) mass is 274 g/mol. The van der Waals surface area contributed by atoms with Crippen LogP contribution in [-0.4, -0.2) is 44.2 Å². The first-order valence-corrected chi connectivity index (χ1v) is 7.44. The van der Waals surface area contributed by atoms with E-state index < -0.39 is 0 Å². The summed E-state index contributed by atoms with van der Waals surface area (Å²) in [5.74, 6) is 0.843. The van der Waals surface area contributed by atoms with E-state index in [1.54, 1.807) is 4.90 Å². The maximum Gasteiger partial charge on any atom is 0.253 e. The molecule has 0 unspecified atom stereocenters. The Labute approximate surface area is 120 Å². The number of benzene rings is 1. The summed E-state index contributed by atoms with van der Waals surface area (Å²) in [6.07, 6.45) is 3.66. The first-order valence-electron chi connectivity index (χ1n) is 7.44. The second-order valence-corrected chi connectivity index (χ2v) is 5.79. The number of likely N-dealkylation sites (N-methyl/N-ethyl adjacent to an activating group) is 1. The van der Waals surface area contributed by atoms with E-state index in [1.165, 1.54) is 18.4 Å². The van der Waals surface area contributed by atoms with Gasteiger partial charge in [0.25, 0.3) is 5.91 Å². The summed E-state index contributed by atoms with van der Waals surface area (Å²) in [4.78, 5) is 14.1. The largest absolute Gasteiger partial charge is 0.384 e. The lowest BCUT2D eigenvalue weighted by molar-refractivity contribution is 0.0681. The zero-order valence-corrected chi connectivity index (χ0v) is 12.0. The number of hydrogen-bond donors (Lipinski definition) is 1. The Hall–Kier alpha value is -1.55. The molecular formula is C16H22N2O2. The Bertz CT molecular complexity index is 497. The maximum absolute atomic E-state index is 12.3. The summed E-state index contributed by atoms with van der Waals surface area (Å²) in [7, 11) is 1.84. The van der Waals surface area contributed by atoms with Crippen LogP contribution in [0.4, 0.5) is 5.69 Å². The number of nitrogens with one attached hydrogen (secondary N) is 1. The molecule has 1 N–H and O–H groups in total. The van der Waals surface area contributed by atoms with Crippen molar-refractivity contribution in [3.8, 4) is 0 Å². The summed E-state index contributed by atoms with van der Waals surface area (Å²) in [6.45, 7) is 3.10. The molecule has 1 amide bonds. The highest BCUT2D eigenvalue weighted by Crippen LogP contribution is 2.28. The Morgan fingerprint density at radius 2 is 2.30 bits per heavy atom. The van der Waals surface area contributed by atoms with Gasteiger partial charge in [0.1, 0.15) is 0 Å². The molecule has 1 aliphatic heterocycles. The van der Waals surface area contributed by atoms with Gasteiger partial charge in [-0.15, -0.1) is 0 Å². The molecule has 0 atom stereocenters. The van der Waals surface area contributed by atoms with Crippen LogP contribution in [-0.2, 0) is 11.2 Å². The normalized spacial score (nSPS) is 16.6. The predicted octanol–water partition coefficient (Wildman–Crippen LogP) is 2.15. The van der Waals surface area contributed by atoms with Gasteiger partial charge in [-0.1, -0.05) is 6.07 Å².